The van der Waals surface area contributed by atoms with Crippen LogP contribution in [-0.4, -0.2) is 31.8 Å². The third-order valence-corrected chi connectivity index (χ3v) is 4.32. The van der Waals surface area contributed by atoms with E-state index < -0.39 is 0 Å². The summed E-state index contributed by atoms with van der Waals surface area (Å²) >= 11 is 0. The van der Waals surface area contributed by atoms with Crippen LogP contribution in [0.2, 0.25) is 0 Å². The van der Waals surface area contributed by atoms with E-state index in [9.17, 15) is 9.59 Å². The van der Waals surface area contributed by atoms with Crippen molar-refractivity contribution in [1.82, 2.24) is 19.3 Å². The second-order valence-corrected chi connectivity index (χ2v) is 6.31. The van der Waals surface area contributed by atoms with Gasteiger partial charge in [0.2, 0.25) is 5.91 Å². The molecular formula is C21H19N5O3. The van der Waals surface area contributed by atoms with Crippen LogP contribution in [-0.2, 0) is 11.3 Å². The number of aromatic nitrogens is 4. The van der Waals surface area contributed by atoms with Crippen LogP contribution in [0.1, 0.15) is 6.92 Å². The Kier molecular flexibility index (Phi) is 5.07. The van der Waals surface area contributed by atoms with Crippen molar-refractivity contribution < 1.29 is 9.53 Å². The van der Waals surface area contributed by atoms with Gasteiger partial charge in [0.1, 0.15) is 24.0 Å². The highest BCUT2D eigenvalue weighted by Gasteiger charge is 2.13. The van der Waals surface area contributed by atoms with E-state index in [0.717, 1.165) is 11.4 Å². The number of hydrogen-bond acceptors (Lipinski definition) is 5. The van der Waals surface area contributed by atoms with E-state index in [2.05, 4.69) is 15.4 Å². The lowest BCUT2D eigenvalue weighted by Gasteiger charge is -2.09. The zero-order chi connectivity index (χ0) is 20.2. The molecule has 0 aliphatic heterocycles. The van der Waals surface area contributed by atoms with Gasteiger partial charge in [0.05, 0.1) is 18.5 Å². The third kappa shape index (κ3) is 3.86. The van der Waals surface area contributed by atoms with Crippen molar-refractivity contribution >= 4 is 22.6 Å². The Morgan fingerprint density at radius 1 is 1.10 bits per heavy atom. The lowest BCUT2D eigenvalue weighted by molar-refractivity contribution is -0.116. The van der Waals surface area contributed by atoms with E-state index in [1.54, 1.807) is 28.9 Å². The number of fused-ring (bicyclic) bond motifs is 1. The quantitative estimate of drug-likeness (QED) is 0.547. The number of amides is 1. The van der Waals surface area contributed by atoms with Crippen LogP contribution in [0.5, 0.6) is 5.75 Å². The van der Waals surface area contributed by atoms with E-state index in [1.165, 1.54) is 17.1 Å². The Morgan fingerprint density at radius 3 is 2.59 bits per heavy atom. The molecule has 0 unspecified atom stereocenters. The van der Waals surface area contributed by atoms with Crippen LogP contribution in [0.4, 0.5) is 5.69 Å². The first kappa shape index (κ1) is 18.4. The van der Waals surface area contributed by atoms with Crippen LogP contribution in [0, 0.1) is 0 Å². The van der Waals surface area contributed by atoms with E-state index in [0.29, 0.717) is 23.3 Å². The fourth-order valence-corrected chi connectivity index (χ4v) is 2.98. The van der Waals surface area contributed by atoms with Crippen molar-refractivity contribution in [2.45, 2.75) is 13.5 Å². The van der Waals surface area contributed by atoms with Gasteiger partial charge in [0, 0.05) is 5.69 Å². The van der Waals surface area contributed by atoms with Crippen molar-refractivity contribution in [2.24, 2.45) is 0 Å². The predicted octanol–water partition coefficient (Wildman–Crippen LogP) is 2.62. The third-order valence-electron chi connectivity index (χ3n) is 4.32. The molecule has 1 amide bonds. The summed E-state index contributed by atoms with van der Waals surface area (Å²) < 4.78 is 8.24. The zero-order valence-corrected chi connectivity index (χ0v) is 15.8. The molecule has 2 heterocycles. The molecule has 0 atom stereocenters. The predicted molar refractivity (Wildman–Crippen MR) is 109 cm³/mol. The number of nitrogens with zero attached hydrogens (tertiary/aromatic N) is 4. The molecule has 4 aromatic rings. The Balaban J connectivity index is 1.53. The Hall–Kier alpha value is -3.94. The van der Waals surface area contributed by atoms with Crippen LogP contribution in [0.3, 0.4) is 0 Å². The molecule has 2 aromatic carbocycles. The molecule has 0 saturated carbocycles. The fraction of sp³-hybridized carbons (Fsp3) is 0.143. The topological polar surface area (TPSA) is 91.0 Å². The number of carbonyl (C=O) groups excluding carboxylic acids is 1. The highest BCUT2D eigenvalue weighted by Crippen LogP contribution is 2.16. The van der Waals surface area contributed by atoms with Gasteiger partial charge < -0.3 is 10.1 Å². The molecule has 0 aliphatic rings. The highest BCUT2D eigenvalue weighted by atomic mass is 16.5. The smallest absolute Gasteiger partial charge is 0.264 e. The van der Waals surface area contributed by atoms with Gasteiger partial charge in [-0.15, -0.1) is 0 Å². The Morgan fingerprint density at radius 2 is 1.86 bits per heavy atom. The van der Waals surface area contributed by atoms with Gasteiger partial charge in [-0.05, 0) is 43.3 Å². The summed E-state index contributed by atoms with van der Waals surface area (Å²) in [5.74, 6) is 0.402. The number of ether oxygens (including phenoxy) is 1. The summed E-state index contributed by atoms with van der Waals surface area (Å²) in [5.41, 5.74) is 1.56. The minimum atomic E-state index is -0.326. The number of anilines is 1. The summed E-state index contributed by atoms with van der Waals surface area (Å²) in [6, 6.07) is 16.5. The first-order chi connectivity index (χ1) is 14.2. The van der Waals surface area contributed by atoms with Crippen LogP contribution in [0.15, 0.2) is 71.9 Å². The van der Waals surface area contributed by atoms with Crippen LogP contribution < -0.4 is 15.6 Å². The summed E-state index contributed by atoms with van der Waals surface area (Å²) in [7, 11) is 0. The molecule has 0 aliphatic carbocycles. The maximum absolute atomic E-state index is 12.8. The summed E-state index contributed by atoms with van der Waals surface area (Å²) in [6.45, 7) is 2.33. The van der Waals surface area contributed by atoms with Gasteiger partial charge >= 0.3 is 0 Å². The zero-order valence-electron chi connectivity index (χ0n) is 15.8. The summed E-state index contributed by atoms with van der Waals surface area (Å²) in [4.78, 5) is 29.4. The van der Waals surface area contributed by atoms with Crippen molar-refractivity contribution in [3.63, 3.8) is 0 Å². The van der Waals surface area contributed by atoms with E-state index in [-0.39, 0.29) is 18.0 Å². The molecule has 8 heteroatoms. The summed E-state index contributed by atoms with van der Waals surface area (Å²) in [6.07, 6.45) is 2.84. The number of benzene rings is 2. The molecular weight excluding hydrogens is 370 g/mol. The molecule has 0 bridgehead atoms. The maximum atomic E-state index is 12.8. The lowest BCUT2D eigenvalue weighted by atomic mass is 10.3. The standard InChI is InChI=1S/C21H19N5O3/c1-2-29-17-10-8-15(9-11-17)24-19(27)13-25-14-22-20-18(21(25)28)12-23-26(20)16-6-4-3-5-7-16/h3-12,14H,2,13H2,1H3,(H,24,27). The number of rotatable bonds is 6. The highest BCUT2D eigenvalue weighted by molar-refractivity contribution is 5.90. The molecule has 0 radical (unpaired) electrons. The minimum Gasteiger partial charge on any atom is -0.494 e. The molecule has 0 saturated heterocycles. The van der Waals surface area contributed by atoms with Crippen molar-refractivity contribution in [3.8, 4) is 11.4 Å². The molecule has 0 spiro atoms. The van der Waals surface area contributed by atoms with Crippen LogP contribution in [0.25, 0.3) is 16.7 Å². The van der Waals surface area contributed by atoms with Crippen molar-refractivity contribution in [1.29, 1.82) is 0 Å². The van der Waals surface area contributed by atoms with Gasteiger partial charge in [-0.3, -0.25) is 14.2 Å². The molecule has 4 rings (SSSR count). The van der Waals surface area contributed by atoms with E-state index in [4.69, 9.17) is 4.74 Å². The van der Waals surface area contributed by atoms with Gasteiger partial charge in [0.25, 0.3) is 5.56 Å². The molecule has 2 aromatic heterocycles. The second-order valence-electron chi connectivity index (χ2n) is 6.31. The number of hydrogen-bond donors (Lipinski definition) is 1. The average molecular weight is 389 g/mol. The number of nitrogens with one attached hydrogen (secondary N) is 1. The first-order valence-corrected chi connectivity index (χ1v) is 9.17. The number of carbonyl (C=O) groups is 1. The Bertz CT molecular complexity index is 1200. The fourth-order valence-electron chi connectivity index (χ4n) is 2.98. The van der Waals surface area contributed by atoms with Gasteiger partial charge in [0.15, 0.2) is 5.65 Å². The maximum Gasteiger partial charge on any atom is 0.264 e. The molecule has 29 heavy (non-hydrogen) atoms. The SMILES string of the molecule is CCOc1ccc(NC(=O)Cn2cnc3c(cnn3-c3ccccc3)c2=O)cc1. The monoisotopic (exact) mass is 389 g/mol. The van der Waals surface area contributed by atoms with Crippen molar-refractivity contribution in [3.05, 3.63) is 77.5 Å². The largest absolute Gasteiger partial charge is 0.494 e. The van der Waals surface area contributed by atoms with Crippen LogP contribution >= 0.6 is 0 Å². The van der Waals surface area contributed by atoms with Gasteiger partial charge in [-0.2, -0.15) is 5.10 Å². The second kappa shape index (κ2) is 7.97. The van der Waals surface area contributed by atoms with E-state index >= 15 is 0 Å². The van der Waals surface area contributed by atoms with E-state index in [1.807, 2.05) is 37.3 Å². The molecule has 146 valence electrons. The first-order valence-electron chi connectivity index (χ1n) is 9.17. The normalized spacial score (nSPS) is 10.8. The molecule has 1 N–H and O–H groups in total. The average Bonchev–Trinajstić information content (AvgIpc) is 3.17. The van der Waals surface area contributed by atoms with Crippen molar-refractivity contribution in [2.75, 3.05) is 11.9 Å². The minimum absolute atomic E-state index is 0.147. The Labute approximate surface area is 166 Å². The number of para-hydroxylation sites is 1. The van der Waals surface area contributed by atoms with Gasteiger partial charge in [-0.1, -0.05) is 18.2 Å². The van der Waals surface area contributed by atoms with Gasteiger partial charge in [-0.25, -0.2) is 9.67 Å². The molecule has 0 fully saturated rings. The lowest BCUT2D eigenvalue weighted by Crippen LogP contribution is -2.27. The molecule has 8 nitrogen and oxygen atoms in total. The summed E-state index contributed by atoms with van der Waals surface area (Å²) in [5, 5.41) is 7.38.